The van der Waals surface area contributed by atoms with Gasteiger partial charge in [0.25, 0.3) is 0 Å². The third-order valence-electron chi connectivity index (χ3n) is 4.45. The third-order valence-corrected chi connectivity index (χ3v) is 4.45. The summed E-state index contributed by atoms with van der Waals surface area (Å²) in [7, 11) is 0. The lowest BCUT2D eigenvalue weighted by atomic mass is 10.1. The van der Waals surface area contributed by atoms with E-state index in [1.807, 2.05) is 18.2 Å². The molecule has 0 fully saturated rings. The summed E-state index contributed by atoms with van der Waals surface area (Å²) < 4.78 is 8.25. The van der Waals surface area contributed by atoms with Crippen molar-refractivity contribution in [2.24, 2.45) is 0 Å². The number of hydrogen-bond acceptors (Lipinski definition) is 3. The molecule has 1 amide bonds. The number of nitrogens with zero attached hydrogens (tertiary/aromatic N) is 2. The number of nitrogens with one attached hydrogen (secondary N) is 1. The zero-order valence-electron chi connectivity index (χ0n) is 15.4. The minimum absolute atomic E-state index is 0.588. The number of fused-ring (bicyclic) bond motifs is 1. The second-order valence-electron chi connectivity index (χ2n) is 6.46. The Morgan fingerprint density at radius 1 is 1.19 bits per heavy atom. The lowest BCUT2D eigenvalue weighted by Crippen LogP contribution is -2.15. The number of carbonyl (C=O) groups excluding carboxylic acids is 1. The number of imidazole rings is 1. The van der Waals surface area contributed by atoms with Gasteiger partial charge >= 0.3 is 0 Å². The summed E-state index contributed by atoms with van der Waals surface area (Å²) in [6, 6.07) is 14.4. The van der Waals surface area contributed by atoms with Crippen LogP contribution < -0.4 is 10.1 Å². The van der Waals surface area contributed by atoms with Gasteiger partial charge in [0.15, 0.2) is 0 Å². The van der Waals surface area contributed by atoms with E-state index in [0.717, 1.165) is 54.0 Å². The van der Waals surface area contributed by atoms with Gasteiger partial charge in [-0.1, -0.05) is 24.3 Å². The molecule has 0 saturated carbocycles. The van der Waals surface area contributed by atoms with Gasteiger partial charge in [-0.25, -0.2) is 4.98 Å². The zero-order valence-corrected chi connectivity index (χ0v) is 15.4. The first-order valence-electron chi connectivity index (χ1n) is 9.00. The Hall–Kier alpha value is -2.82. The average Bonchev–Trinajstić information content (AvgIpc) is 2.99. The Labute approximate surface area is 154 Å². The molecule has 0 aliphatic rings. The topological polar surface area (TPSA) is 56.1 Å². The number of aromatic nitrogens is 2. The van der Waals surface area contributed by atoms with E-state index < -0.39 is 0 Å². The molecule has 0 radical (unpaired) electrons. The van der Waals surface area contributed by atoms with Gasteiger partial charge in [0.05, 0.1) is 17.6 Å². The number of benzene rings is 2. The first-order chi connectivity index (χ1) is 12.7. The van der Waals surface area contributed by atoms with E-state index in [-0.39, 0.29) is 0 Å². The lowest BCUT2D eigenvalue weighted by molar-refractivity contribution is -0.109. The van der Waals surface area contributed by atoms with Crippen LogP contribution in [0.2, 0.25) is 0 Å². The SMILES string of the molecule is Cc1ccc(C)c(OCCn2c(CCCNC=O)nc3ccccc32)c1. The van der Waals surface area contributed by atoms with Crippen molar-refractivity contribution in [3.8, 4) is 5.75 Å². The van der Waals surface area contributed by atoms with Gasteiger partial charge in [0.1, 0.15) is 18.2 Å². The van der Waals surface area contributed by atoms with Gasteiger partial charge in [-0.2, -0.15) is 0 Å². The van der Waals surface area contributed by atoms with E-state index in [4.69, 9.17) is 9.72 Å². The van der Waals surface area contributed by atoms with Crippen LogP contribution in [0.3, 0.4) is 0 Å². The van der Waals surface area contributed by atoms with Crippen molar-refractivity contribution in [1.82, 2.24) is 14.9 Å². The lowest BCUT2D eigenvalue weighted by Gasteiger charge is -2.13. The molecule has 1 aromatic heterocycles. The van der Waals surface area contributed by atoms with Crippen molar-refractivity contribution in [3.05, 3.63) is 59.4 Å². The molecular formula is C21H25N3O2. The van der Waals surface area contributed by atoms with Crippen LogP contribution in [-0.4, -0.2) is 29.1 Å². The summed E-state index contributed by atoms with van der Waals surface area (Å²) >= 11 is 0. The smallest absolute Gasteiger partial charge is 0.207 e. The van der Waals surface area contributed by atoms with E-state index in [9.17, 15) is 4.79 Å². The minimum atomic E-state index is 0.588. The van der Waals surface area contributed by atoms with Crippen LogP contribution in [0.5, 0.6) is 5.75 Å². The molecule has 2 aromatic carbocycles. The van der Waals surface area contributed by atoms with Crippen molar-refractivity contribution < 1.29 is 9.53 Å². The fourth-order valence-electron chi connectivity index (χ4n) is 3.08. The summed E-state index contributed by atoms with van der Waals surface area (Å²) in [6.45, 7) is 6.12. The zero-order chi connectivity index (χ0) is 18.4. The van der Waals surface area contributed by atoms with Gasteiger partial charge in [0.2, 0.25) is 6.41 Å². The molecule has 0 spiro atoms. The number of para-hydroxylation sites is 2. The number of ether oxygens (including phenoxy) is 1. The van der Waals surface area contributed by atoms with E-state index in [0.29, 0.717) is 13.2 Å². The predicted molar refractivity (Wildman–Crippen MR) is 104 cm³/mol. The molecule has 0 saturated heterocycles. The molecule has 136 valence electrons. The monoisotopic (exact) mass is 351 g/mol. The molecule has 0 bridgehead atoms. The Kier molecular flexibility index (Phi) is 5.89. The van der Waals surface area contributed by atoms with Crippen LogP contribution in [0, 0.1) is 13.8 Å². The fourth-order valence-corrected chi connectivity index (χ4v) is 3.08. The molecule has 0 atom stereocenters. The summed E-state index contributed by atoms with van der Waals surface area (Å²) in [6.07, 6.45) is 2.42. The number of hydrogen-bond donors (Lipinski definition) is 1. The van der Waals surface area contributed by atoms with E-state index >= 15 is 0 Å². The molecule has 26 heavy (non-hydrogen) atoms. The first kappa shape index (κ1) is 18.0. The van der Waals surface area contributed by atoms with Crippen LogP contribution in [0.1, 0.15) is 23.4 Å². The summed E-state index contributed by atoms with van der Waals surface area (Å²) in [5.74, 6) is 1.97. The van der Waals surface area contributed by atoms with Gasteiger partial charge in [-0.15, -0.1) is 0 Å². The summed E-state index contributed by atoms with van der Waals surface area (Å²) in [4.78, 5) is 15.2. The molecule has 0 aliphatic heterocycles. The molecule has 3 aromatic rings. The number of carbonyl (C=O) groups is 1. The van der Waals surface area contributed by atoms with Crippen molar-refractivity contribution >= 4 is 17.4 Å². The normalized spacial score (nSPS) is 10.8. The van der Waals surface area contributed by atoms with Crippen molar-refractivity contribution in [1.29, 1.82) is 0 Å². The second kappa shape index (κ2) is 8.52. The Morgan fingerprint density at radius 2 is 2.04 bits per heavy atom. The highest BCUT2D eigenvalue weighted by Gasteiger charge is 2.10. The predicted octanol–water partition coefficient (Wildman–Crippen LogP) is 3.41. The summed E-state index contributed by atoms with van der Waals surface area (Å²) in [5, 5.41) is 2.71. The molecule has 1 heterocycles. The maximum Gasteiger partial charge on any atom is 0.207 e. The number of amides is 1. The molecule has 3 rings (SSSR count). The maximum atomic E-state index is 10.4. The molecule has 1 N–H and O–H groups in total. The molecule has 5 heteroatoms. The van der Waals surface area contributed by atoms with E-state index in [1.165, 1.54) is 5.56 Å². The van der Waals surface area contributed by atoms with Crippen LogP contribution in [0.15, 0.2) is 42.5 Å². The summed E-state index contributed by atoms with van der Waals surface area (Å²) in [5.41, 5.74) is 4.46. The van der Waals surface area contributed by atoms with E-state index in [2.05, 4.69) is 48.0 Å². The number of rotatable bonds is 9. The highest BCUT2D eigenvalue weighted by molar-refractivity contribution is 5.75. The molecule has 5 nitrogen and oxygen atoms in total. The highest BCUT2D eigenvalue weighted by Crippen LogP contribution is 2.20. The van der Waals surface area contributed by atoms with Crippen molar-refractivity contribution in [2.75, 3.05) is 13.2 Å². The minimum Gasteiger partial charge on any atom is -0.491 e. The highest BCUT2D eigenvalue weighted by atomic mass is 16.5. The largest absolute Gasteiger partial charge is 0.491 e. The van der Waals surface area contributed by atoms with Crippen molar-refractivity contribution in [3.63, 3.8) is 0 Å². The van der Waals surface area contributed by atoms with Gasteiger partial charge in [-0.3, -0.25) is 4.79 Å². The number of aryl methyl sites for hydroxylation is 3. The van der Waals surface area contributed by atoms with Gasteiger partial charge in [0, 0.05) is 13.0 Å². The van der Waals surface area contributed by atoms with Crippen LogP contribution in [-0.2, 0) is 17.8 Å². The molecule has 0 aliphatic carbocycles. The van der Waals surface area contributed by atoms with Crippen molar-refractivity contribution in [2.45, 2.75) is 33.2 Å². The quantitative estimate of drug-likeness (QED) is 0.475. The van der Waals surface area contributed by atoms with Crippen LogP contribution >= 0.6 is 0 Å². The Morgan fingerprint density at radius 3 is 2.88 bits per heavy atom. The second-order valence-corrected chi connectivity index (χ2v) is 6.46. The Bertz CT molecular complexity index is 886. The molecule has 0 unspecified atom stereocenters. The van der Waals surface area contributed by atoms with Crippen LogP contribution in [0.25, 0.3) is 11.0 Å². The maximum absolute atomic E-state index is 10.4. The van der Waals surface area contributed by atoms with Gasteiger partial charge in [-0.05, 0) is 49.6 Å². The Balaban J connectivity index is 1.72. The van der Waals surface area contributed by atoms with Gasteiger partial charge < -0.3 is 14.6 Å². The average molecular weight is 351 g/mol. The van der Waals surface area contributed by atoms with Crippen LogP contribution in [0.4, 0.5) is 0 Å². The standard InChI is InChI=1S/C21H25N3O2/c1-16-9-10-17(2)20(14-16)26-13-12-24-19-7-4-3-6-18(19)23-21(24)8-5-11-22-15-25/h3-4,6-7,9-10,14-15H,5,8,11-13H2,1-2H3,(H,22,25). The fraction of sp³-hybridized carbons (Fsp3) is 0.333. The first-order valence-corrected chi connectivity index (χ1v) is 9.00. The molecular weight excluding hydrogens is 326 g/mol. The third kappa shape index (κ3) is 4.23. The van der Waals surface area contributed by atoms with E-state index in [1.54, 1.807) is 0 Å².